The van der Waals surface area contributed by atoms with Crippen molar-refractivity contribution >= 4 is 16.9 Å². The zero-order chi connectivity index (χ0) is 28.7. The number of nitrogens with two attached hydrogens (primary N) is 1. The van der Waals surface area contributed by atoms with Crippen LogP contribution in [0.4, 0.5) is 14.6 Å². The van der Waals surface area contributed by atoms with E-state index < -0.39 is 18.2 Å². The first kappa shape index (κ1) is 22.4. The Morgan fingerprint density at radius 2 is 1.92 bits per heavy atom. The van der Waals surface area contributed by atoms with Gasteiger partial charge in [-0.15, -0.1) is 0 Å². The summed E-state index contributed by atoms with van der Waals surface area (Å²) in [6, 6.07) is 7.59. The number of halogens is 2. The number of hydrogen-bond donors (Lipinski definition) is 1. The highest BCUT2D eigenvalue weighted by Gasteiger charge is 2.25. The monoisotopic (exact) mass is 535 g/mol. The van der Waals surface area contributed by atoms with E-state index in [2.05, 4.69) is 15.0 Å². The number of aryl methyl sites for hydroxylation is 1. The number of nitrogens with zero attached hydrogens (tertiary/aromatic N) is 6. The van der Waals surface area contributed by atoms with Crippen molar-refractivity contribution in [2.24, 2.45) is 7.05 Å². The van der Waals surface area contributed by atoms with Crippen LogP contribution in [0, 0.1) is 11.6 Å². The van der Waals surface area contributed by atoms with Crippen molar-refractivity contribution in [3.8, 4) is 28.5 Å². The molecule has 3 aromatic heterocycles. The number of hydrogen-bond acceptors (Lipinski definition) is 8. The Bertz CT molecular complexity index is 1740. The van der Waals surface area contributed by atoms with Crippen molar-refractivity contribution < 1.29 is 25.7 Å². The maximum Gasteiger partial charge on any atom is 0.164 e. The van der Waals surface area contributed by atoms with Crippen LogP contribution in [0.2, 0.25) is 0 Å². The van der Waals surface area contributed by atoms with Gasteiger partial charge in [-0.2, -0.15) is 5.10 Å². The molecule has 0 radical (unpaired) electrons. The Balaban J connectivity index is 1.29. The molecule has 1 saturated heterocycles. The van der Waals surface area contributed by atoms with E-state index in [1.54, 1.807) is 11.7 Å². The number of fused-ring (bicyclic) bond motifs is 1. The molecule has 0 bridgehead atoms. The van der Waals surface area contributed by atoms with Crippen molar-refractivity contribution in [3.63, 3.8) is 0 Å². The lowest BCUT2D eigenvalue weighted by Gasteiger charge is -2.22. The third-order valence-electron chi connectivity index (χ3n) is 6.42. The molecule has 6 rings (SSSR count). The van der Waals surface area contributed by atoms with Gasteiger partial charge in [0.15, 0.2) is 5.65 Å². The van der Waals surface area contributed by atoms with Gasteiger partial charge in [-0.05, 0) is 25.0 Å². The smallest absolute Gasteiger partial charge is 0.164 e. The Morgan fingerprint density at radius 1 is 1.10 bits per heavy atom. The van der Waals surface area contributed by atoms with Crippen LogP contribution in [0.25, 0.3) is 22.3 Å². The first-order valence-corrected chi connectivity index (χ1v) is 12.2. The largest absolute Gasteiger partial charge is 0.487 e. The normalized spacial score (nSPS) is 15.3. The molecule has 0 amide bonds. The van der Waals surface area contributed by atoms with Crippen LogP contribution >= 0.6 is 0 Å². The highest BCUT2D eigenvalue weighted by atomic mass is 19.1. The Labute approximate surface area is 224 Å². The molecule has 0 spiro atoms. The van der Waals surface area contributed by atoms with Crippen LogP contribution in [0.5, 0.6) is 17.2 Å². The molecule has 0 atom stereocenters. The van der Waals surface area contributed by atoms with E-state index in [0.717, 1.165) is 31.0 Å². The third kappa shape index (κ3) is 4.98. The van der Waals surface area contributed by atoms with Crippen molar-refractivity contribution in [2.75, 3.05) is 18.9 Å². The lowest BCUT2D eigenvalue weighted by atomic mass is 10.1. The van der Waals surface area contributed by atoms with Crippen LogP contribution in [0.1, 0.15) is 27.3 Å². The van der Waals surface area contributed by atoms with E-state index in [4.69, 9.17) is 27.8 Å². The first-order chi connectivity index (χ1) is 19.7. The van der Waals surface area contributed by atoms with Gasteiger partial charge in [-0.25, -0.2) is 28.4 Å². The number of aromatic nitrogens is 6. The van der Waals surface area contributed by atoms with Gasteiger partial charge in [-0.3, -0.25) is 0 Å². The number of benzene rings is 2. The fourth-order valence-corrected chi connectivity index (χ4v) is 4.48. The minimum Gasteiger partial charge on any atom is -0.487 e. The molecule has 4 heterocycles. The van der Waals surface area contributed by atoms with E-state index in [-0.39, 0.29) is 40.4 Å². The molecule has 5 aromatic rings. The summed E-state index contributed by atoms with van der Waals surface area (Å²) < 4.78 is 66.3. The Hall–Kier alpha value is -4.58. The second-order valence-electron chi connectivity index (χ2n) is 9.05. The zero-order valence-corrected chi connectivity index (χ0v) is 20.8. The SMILES string of the molecule is [2H]C([2H])(Oc1cc(F)cc(Oc2ccc(-c3nn(C4CCOCC4)c4ncnc(N)c34)c(F)c2)c1)c1cncn1C. The highest BCUT2D eigenvalue weighted by molar-refractivity contribution is 5.98. The molecule has 1 aliphatic heterocycles. The number of nitrogen functional groups attached to an aromatic ring is 1. The number of rotatable bonds is 7. The van der Waals surface area contributed by atoms with E-state index in [0.29, 0.717) is 29.9 Å². The predicted molar refractivity (Wildman–Crippen MR) is 138 cm³/mol. The summed E-state index contributed by atoms with van der Waals surface area (Å²) >= 11 is 0. The number of anilines is 1. The minimum atomic E-state index is -2.30. The molecule has 12 heteroatoms. The van der Waals surface area contributed by atoms with E-state index in [1.807, 2.05) is 0 Å². The third-order valence-corrected chi connectivity index (χ3v) is 6.42. The summed E-state index contributed by atoms with van der Waals surface area (Å²) in [4.78, 5) is 12.3. The lowest BCUT2D eigenvalue weighted by molar-refractivity contribution is 0.0674. The van der Waals surface area contributed by atoms with Gasteiger partial charge >= 0.3 is 0 Å². The maximum absolute atomic E-state index is 15.5. The van der Waals surface area contributed by atoms with Crippen molar-refractivity contribution in [3.05, 3.63) is 72.6 Å². The van der Waals surface area contributed by atoms with Crippen molar-refractivity contribution in [1.29, 1.82) is 0 Å². The first-order valence-electron chi connectivity index (χ1n) is 13.2. The van der Waals surface area contributed by atoms with Crippen molar-refractivity contribution in [1.82, 2.24) is 29.3 Å². The molecule has 0 unspecified atom stereocenters. The molecule has 1 fully saturated rings. The molecule has 1 aliphatic rings. The van der Waals surface area contributed by atoms with Crippen LogP contribution in [0.3, 0.4) is 0 Å². The van der Waals surface area contributed by atoms with E-state index in [9.17, 15) is 4.39 Å². The van der Waals surface area contributed by atoms with E-state index in [1.165, 1.54) is 41.6 Å². The summed E-state index contributed by atoms with van der Waals surface area (Å²) in [5.41, 5.74) is 7.29. The van der Waals surface area contributed by atoms with Gasteiger partial charge in [0.1, 0.15) is 53.3 Å². The van der Waals surface area contributed by atoms with Crippen molar-refractivity contribution in [2.45, 2.75) is 25.4 Å². The fourth-order valence-electron chi connectivity index (χ4n) is 4.48. The molecule has 2 aromatic carbocycles. The van der Waals surface area contributed by atoms with E-state index >= 15 is 4.39 Å². The van der Waals surface area contributed by atoms with Gasteiger partial charge in [0.25, 0.3) is 0 Å². The average molecular weight is 536 g/mol. The number of ether oxygens (including phenoxy) is 3. The molecule has 39 heavy (non-hydrogen) atoms. The minimum absolute atomic E-state index is 0.0140. The molecular formula is C27H25F2N7O3. The molecular weight excluding hydrogens is 508 g/mol. The molecule has 2 N–H and O–H groups in total. The lowest BCUT2D eigenvalue weighted by Crippen LogP contribution is -2.20. The predicted octanol–water partition coefficient (Wildman–Crippen LogP) is 4.81. The zero-order valence-electron chi connectivity index (χ0n) is 22.8. The van der Waals surface area contributed by atoms with Crippen LogP contribution in [-0.2, 0) is 18.3 Å². The molecule has 200 valence electrons. The molecule has 0 aliphatic carbocycles. The highest BCUT2D eigenvalue weighted by Crippen LogP contribution is 2.37. The van der Waals surface area contributed by atoms with Gasteiger partial charge in [0.05, 0.1) is 32.4 Å². The maximum atomic E-state index is 15.5. The van der Waals surface area contributed by atoms with Gasteiger partial charge in [-0.1, -0.05) is 0 Å². The summed E-state index contributed by atoms with van der Waals surface area (Å²) in [6.45, 7) is -1.13. The van der Waals surface area contributed by atoms with Gasteiger partial charge in [0.2, 0.25) is 0 Å². The Morgan fingerprint density at radius 3 is 2.69 bits per heavy atom. The number of imidazole rings is 1. The van der Waals surface area contributed by atoms with Crippen LogP contribution in [-0.4, -0.2) is 42.5 Å². The molecule has 0 saturated carbocycles. The quantitative estimate of drug-likeness (QED) is 0.316. The topological polar surface area (TPSA) is 115 Å². The van der Waals surface area contributed by atoms with Gasteiger partial charge in [0, 0.05) is 50.1 Å². The fraction of sp³-hybridized carbons (Fsp3) is 0.259. The Kier molecular flexibility index (Phi) is 5.91. The summed E-state index contributed by atoms with van der Waals surface area (Å²) in [5.74, 6) is -1.25. The second kappa shape index (κ2) is 10.3. The summed E-state index contributed by atoms with van der Waals surface area (Å²) in [7, 11) is 1.61. The van der Waals surface area contributed by atoms with Gasteiger partial charge < -0.3 is 24.5 Å². The van der Waals surface area contributed by atoms with Crippen LogP contribution < -0.4 is 15.2 Å². The van der Waals surface area contributed by atoms with Crippen LogP contribution in [0.15, 0.2) is 55.2 Å². The average Bonchev–Trinajstić information content (AvgIpc) is 3.54. The molecule has 10 nitrogen and oxygen atoms in total. The summed E-state index contributed by atoms with van der Waals surface area (Å²) in [5, 5.41) is 5.14. The summed E-state index contributed by atoms with van der Waals surface area (Å²) in [6.07, 6.45) is 5.56. The second-order valence-corrected chi connectivity index (χ2v) is 9.05. The standard InChI is InChI=1S/C27H25F2N7O3/c1-35-15-31-12-18(35)13-38-20-8-16(28)9-21(10-20)39-19-2-3-22(23(29)11-19)25-24-26(30)32-14-33-27(24)36(34-25)17-4-6-37-7-5-17/h2-3,8-12,14-15,17H,4-7,13H2,1H3,(H2,30,32,33)/i13D2.